The lowest BCUT2D eigenvalue weighted by Crippen LogP contribution is -2.43. The van der Waals surface area contributed by atoms with Gasteiger partial charge in [0.2, 0.25) is 5.91 Å². The first-order valence-electron chi connectivity index (χ1n) is 9.67. The van der Waals surface area contributed by atoms with Crippen LogP contribution >= 0.6 is 23.1 Å². The van der Waals surface area contributed by atoms with Crippen LogP contribution in [-0.4, -0.2) is 82.8 Å². The predicted octanol–water partition coefficient (Wildman–Crippen LogP) is 2.00. The number of hydrogen-bond donors (Lipinski definition) is 2. The van der Waals surface area contributed by atoms with Crippen molar-refractivity contribution in [2.75, 3.05) is 45.0 Å². The van der Waals surface area contributed by atoms with Gasteiger partial charge in [0.25, 0.3) is 0 Å². The van der Waals surface area contributed by atoms with Crippen LogP contribution in [0.5, 0.6) is 0 Å². The highest BCUT2D eigenvalue weighted by Crippen LogP contribution is 2.24. The third-order valence-electron chi connectivity index (χ3n) is 5.15. The van der Waals surface area contributed by atoms with E-state index < -0.39 is 5.97 Å². The van der Waals surface area contributed by atoms with E-state index in [0.29, 0.717) is 13.0 Å². The average molecular weight is 413 g/mol. The van der Waals surface area contributed by atoms with Crippen molar-refractivity contribution in [1.82, 2.24) is 20.1 Å². The molecule has 1 unspecified atom stereocenters. The zero-order valence-corrected chi connectivity index (χ0v) is 17.2. The third kappa shape index (κ3) is 6.17. The Morgan fingerprint density at radius 1 is 1.33 bits per heavy atom. The number of amides is 1. The molecule has 0 aliphatic carbocycles. The topological polar surface area (TPSA) is 85.8 Å². The molecule has 2 aliphatic rings. The number of aromatic nitrogens is 1. The molecule has 7 nitrogen and oxygen atoms in total. The average Bonchev–Trinajstić information content (AvgIpc) is 3.28. The van der Waals surface area contributed by atoms with Crippen molar-refractivity contribution in [3.8, 4) is 0 Å². The molecular formula is C18H28N4O3S2. The number of piperidine rings is 1. The smallest absolute Gasteiger partial charge is 0.355 e. The second-order valence-electron chi connectivity index (χ2n) is 7.04. The number of nitrogens with one attached hydrogen (secondary N) is 1. The van der Waals surface area contributed by atoms with Crippen LogP contribution in [0, 0.1) is 0 Å². The summed E-state index contributed by atoms with van der Waals surface area (Å²) in [6.45, 7) is 6.03. The van der Waals surface area contributed by atoms with Crippen molar-refractivity contribution < 1.29 is 14.7 Å². The van der Waals surface area contributed by atoms with Gasteiger partial charge in [0, 0.05) is 49.8 Å². The standard InChI is InChI=1S/C18H28N4O3S2/c23-16-5-4-14(12-19-6-9-21-7-2-1-3-8-21)22(16)10-11-26-18-20-15(13-27-18)17(24)25/h13-14,19H,1-12H2,(H,24,25). The number of nitrogens with zero attached hydrogens (tertiary/aromatic N) is 3. The molecule has 0 saturated carbocycles. The fraction of sp³-hybridized carbons (Fsp3) is 0.722. The molecule has 1 atom stereocenters. The van der Waals surface area contributed by atoms with E-state index >= 15 is 0 Å². The molecule has 0 spiro atoms. The van der Waals surface area contributed by atoms with Gasteiger partial charge in [-0.1, -0.05) is 18.2 Å². The molecule has 0 aromatic carbocycles. The summed E-state index contributed by atoms with van der Waals surface area (Å²) in [5.41, 5.74) is 0.0931. The molecule has 1 aromatic rings. The van der Waals surface area contributed by atoms with Gasteiger partial charge in [-0.05, 0) is 32.4 Å². The SMILES string of the molecule is O=C(O)c1csc(SCCN2C(=O)CCC2CNCCN2CCCCC2)n1. The van der Waals surface area contributed by atoms with E-state index in [1.165, 1.54) is 55.5 Å². The van der Waals surface area contributed by atoms with E-state index in [9.17, 15) is 9.59 Å². The molecule has 2 aliphatic heterocycles. The summed E-state index contributed by atoms with van der Waals surface area (Å²) in [5, 5.41) is 14.0. The number of likely N-dealkylation sites (tertiary alicyclic amines) is 2. The van der Waals surface area contributed by atoms with Gasteiger partial charge >= 0.3 is 5.97 Å². The maximum Gasteiger partial charge on any atom is 0.355 e. The van der Waals surface area contributed by atoms with Crippen LogP contribution in [0.25, 0.3) is 0 Å². The molecular weight excluding hydrogens is 384 g/mol. The van der Waals surface area contributed by atoms with Crippen molar-refractivity contribution in [2.45, 2.75) is 42.5 Å². The highest BCUT2D eigenvalue weighted by atomic mass is 32.2. The first-order chi connectivity index (χ1) is 13.1. The second kappa shape index (κ2) is 10.4. The normalized spacial score (nSPS) is 21.1. The number of carbonyl (C=O) groups is 2. The van der Waals surface area contributed by atoms with Gasteiger partial charge in [-0.25, -0.2) is 9.78 Å². The monoisotopic (exact) mass is 412 g/mol. The molecule has 0 radical (unpaired) electrons. The fourth-order valence-electron chi connectivity index (χ4n) is 3.65. The number of thioether (sulfide) groups is 1. The minimum atomic E-state index is -0.997. The third-order valence-corrected chi connectivity index (χ3v) is 7.15. The molecule has 3 heterocycles. The molecule has 0 bridgehead atoms. The molecule has 2 N–H and O–H groups in total. The van der Waals surface area contributed by atoms with E-state index in [-0.39, 0.29) is 17.6 Å². The van der Waals surface area contributed by atoms with Crippen LogP contribution in [0.4, 0.5) is 0 Å². The largest absolute Gasteiger partial charge is 0.476 e. The van der Waals surface area contributed by atoms with E-state index in [0.717, 1.165) is 36.1 Å². The van der Waals surface area contributed by atoms with Gasteiger partial charge < -0.3 is 20.2 Å². The Balaban J connectivity index is 1.36. The summed E-state index contributed by atoms with van der Waals surface area (Å²) in [7, 11) is 0. The van der Waals surface area contributed by atoms with Crippen LogP contribution in [0.1, 0.15) is 42.6 Å². The highest BCUT2D eigenvalue weighted by molar-refractivity contribution is 8.01. The number of rotatable bonds is 10. The Morgan fingerprint density at radius 2 is 2.15 bits per heavy atom. The minimum absolute atomic E-state index is 0.0931. The van der Waals surface area contributed by atoms with E-state index in [4.69, 9.17) is 5.11 Å². The van der Waals surface area contributed by atoms with Crippen LogP contribution in [0.15, 0.2) is 9.72 Å². The fourth-order valence-corrected chi connectivity index (χ4v) is 5.46. The maximum atomic E-state index is 12.2. The first-order valence-corrected chi connectivity index (χ1v) is 11.5. The summed E-state index contributed by atoms with van der Waals surface area (Å²) in [4.78, 5) is 31.6. The molecule has 2 fully saturated rings. The Bertz CT molecular complexity index is 634. The Labute approximate surface area is 168 Å². The summed E-state index contributed by atoms with van der Waals surface area (Å²) < 4.78 is 0.746. The number of carbonyl (C=O) groups excluding carboxylic acids is 1. The molecule has 150 valence electrons. The maximum absolute atomic E-state index is 12.2. The van der Waals surface area contributed by atoms with Gasteiger partial charge in [-0.3, -0.25) is 4.79 Å². The summed E-state index contributed by atoms with van der Waals surface area (Å²) in [5.74, 6) is -0.0323. The molecule has 1 amide bonds. The Hall–Kier alpha value is -1.16. The number of thiazole rings is 1. The highest BCUT2D eigenvalue weighted by Gasteiger charge is 2.30. The first kappa shape index (κ1) is 20.6. The Kier molecular flexibility index (Phi) is 7.93. The minimum Gasteiger partial charge on any atom is -0.476 e. The molecule has 2 saturated heterocycles. The lowest BCUT2D eigenvalue weighted by Gasteiger charge is -2.28. The van der Waals surface area contributed by atoms with Gasteiger partial charge in [-0.15, -0.1) is 11.3 Å². The van der Waals surface area contributed by atoms with E-state index in [2.05, 4.69) is 15.2 Å². The van der Waals surface area contributed by atoms with Crippen molar-refractivity contribution in [2.24, 2.45) is 0 Å². The zero-order valence-electron chi connectivity index (χ0n) is 15.6. The van der Waals surface area contributed by atoms with Crippen molar-refractivity contribution in [3.05, 3.63) is 11.1 Å². The van der Waals surface area contributed by atoms with Crippen LogP contribution in [0.2, 0.25) is 0 Å². The lowest BCUT2D eigenvalue weighted by atomic mass is 10.1. The second-order valence-corrected chi connectivity index (χ2v) is 9.24. The summed E-state index contributed by atoms with van der Waals surface area (Å²) in [6.07, 6.45) is 5.54. The van der Waals surface area contributed by atoms with Crippen molar-refractivity contribution >= 4 is 35.0 Å². The van der Waals surface area contributed by atoms with Crippen molar-refractivity contribution in [1.29, 1.82) is 0 Å². The zero-order chi connectivity index (χ0) is 19.1. The van der Waals surface area contributed by atoms with E-state index in [1.807, 2.05) is 4.90 Å². The summed E-state index contributed by atoms with van der Waals surface area (Å²) in [6, 6.07) is 0.269. The summed E-state index contributed by atoms with van der Waals surface area (Å²) >= 11 is 2.86. The van der Waals surface area contributed by atoms with E-state index in [1.54, 1.807) is 5.38 Å². The molecule has 27 heavy (non-hydrogen) atoms. The van der Waals surface area contributed by atoms with Crippen LogP contribution < -0.4 is 5.32 Å². The molecule has 9 heteroatoms. The lowest BCUT2D eigenvalue weighted by molar-refractivity contribution is -0.128. The predicted molar refractivity (Wildman–Crippen MR) is 108 cm³/mol. The van der Waals surface area contributed by atoms with Gasteiger partial charge in [0.1, 0.15) is 0 Å². The van der Waals surface area contributed by atoms with Crippen LogP contribution in [0.3, 0.4) is 0 Å². The number of aromatic carboxylic acids is 1. The molecule has 1 aromatic heterocycles. The van der Waals surface area contributed by atoms with Crippen molar-refractivity contribution in [3.63, 3.8) is 0 Å². The van der Waals surface area contributed by atoms with Gasteiger partial charge in [-0.2, -0.15) is 0 Å². The van der Waals surface area contributed by atoms with Crippen LogP contribution in [-0.2, 0) is 4.79 Å². The number of carboxylic acids is 1. The number of carboxylic acid groups (broad SMARTS) is 1. The molecule has 3 rings (SSSR count). The van der Waals surface area contributed by atoms with Gasteiger partial charge in [0.05, 0.1) is 0 Å². The number of hydrogen-bond acceptors (Lipinski definition) is 7. The quantitative estimate of drug-likeness (QED) is 0.449. The Morgan fingerprint density at radius 3 is 2.89 bits per heavy atom. The van der Waals surface area contributed by atoms with Gasteiger partial charge in [0.15, 0.2) is 10.0 Å².